The first-order valence-corrected chi connectivity index (χ1v) is 4.84. The van der Waals surface area contributed by atoms with E-state index in [2.05, 4.69) is 32.7 Å². The van der Waals surface area contributed by atoms with Gasteiger partial charge in [-0.1, -0.05) is 20.8 Å². The minimum Gasteiger partial charge on any atom is -0.330 e. The molecule has 0 aromatic heterocycles. The highest BCUT2D eigenvalue weighted by Crippen LogP contribution is 2.18. The Kier molecular flexibility index (Phi) is 5.51. The van der Waals surface area contributed by atoms with Gasteiger partial charge in [0.1, 0.15) is 0 Å². The predicted octanol–water partition coefficient (Wildman–Crippen LogP) is 1.70. The molecular weight excluding hydrogens is 148 g/mol. The largest absolute Gasteiger partial charge is 0.330 e. The van der Waals surface area contributed by atoms with Crippen molar-refractivity contribution < 1.29 is 0 Å². The first-order chi connectivity index (χ1) is 5.45. The maximum Gasteiger partial charge on any atom is -0.000976 e. The Bertz CT molecular complexity index is 105. The minimum atomic E-state index is 0.455. The van der Waals surface area contributed by atoms with Gasteiger partial charge in [-0.05, 0) is 44.9 Å². The molecule has 2 nitrogen and oxygen atoms in total. The Labute approximate surface area is 77.1 Å². The van der Waals surface area contributed by atoms with Crippen molar-refractivity contribution in [1.29, 1.82) is 0 Å². The van der Waals surface area contributed by atoms with Crippen LogP contribution in [-0.4, -0.2) is 31.6 Å². The fourth-order valence-corrected chi connectivity index (χ4v) is 0.999. The van der Waals surface area contributed by atoms with Gasteiger partial charge in [-0.25, -0.2) is 0 Å². The van der Waals surface area contributed by atoms with Gasteiger partial charge < -0.3 is 10.6 Å². The summed E-state index contributed by atoms with van der Waals surface area (Å²) < 4.78 is 0. The SMILES string of the molecule is CN(CCCN)CCC(C)(C)C. The second-order valence-corrected chi connectivity index (χ2v) is 4.76. The van der Waals surface area contributed by atoms with Crippen LogP contribution in [-0.2, 0) is 0 Å². The van der Waals surface area contributed by atoms with Gasteiger partial charge in [-0.3, -0.25) is 0 Å². The maximum atomic E-state index is 5.43. The van der Waals surface area contributed by atoms with Crippen LogP contribution in [0.2, 0.25) is 0 Å². The third-order valence-corrected chi connectivity index (χ3v) is 1.99. The van der Waals surface area contributed by atoms with E-state index in [-0.39, 0.29) is 0 Å². The molecule has 0 saturated heterocycles. The van der Waals surface area contributed by atoms with Gasteiger partial charge >= 0.3 is 0 Å². The van der Waals surface area contributed by atoms with Crippen molar-refractivity contribution in [2.24, 2.45) is 11.1 Å². The Morgan fingerprint density at radius 3 is 2.17 bits per heavy atom. The van der Waals surface area contributed by atoms with E-state index in [1.807, 2.05) is 0 Å². The minimum absolute atomic E-state index is 0.455. The summed E-state index contributed by atoms with van der Waals surface area (Å²) in [4.78, 5) is 2.36. The number of nitrogens with zero attached hydrogens (tertiary/aromatic N) is 1. The van der Waals surface area contributed by atoms with Crippen LogP contribution in [0.4, 0.5) is 0 Å². The molecule has 0 radical (unpaired) electrons. The average Bonchev–Trinajstić information content (AvgIpc) is 1.95. The van der Waals surface area contributed by atoms with Crippen LogP contribution >= 0.6 is 0 Å². The Morgan fingerprint density at radius 1 is 1.17 bits per heavy atom. The van der Waals surface area contributed by atoms with Gasteiger partial charge in [0, 0.05) is 0 Å². The molecule has 0 amide bonds. The normalized spacial score (nSPS) is 12.5. The summed E-state index contributed by atoms with van der Waals surface area (Å²) >= 11 is 0. The van der Waals surface area contributed by atoms with Crippen LogP contribution in [0.3, 0.4) is 0 Å². The lowest BCUT2D eigenvalue weighted by atomic mass is 9.92. The Balaban J connectivity index is 3.37. The van der Waals surface area contributed by atoms with E-state index >= 15 is 0 Å². The summed E-state index contributed by atoms with van der Waals surface area (Å²) in [5.74, 6) is 0. The highest BCUT2D eigenvalue weighted by atomic mass is 15.1. The summed E-state index contributed by atoms with van der Waals surface area (Å²) in [7, 11) is 2.17. The fourth-order valence-electron chi connectivity index (χ4n) is 0.999. The zero-order chi connectivity index (χ0) is 9.61. The third kappa shape index (κ3) is 8.02. The zero-order valence-corrected chi connectivity index (χ0v) is 9.06. The molecule has 0 aromatic carbocycles. The lowest BCUT2D eigenvalue weighted by Crippen LogP contribution is -2.25. The number of hydrogen-bond donors (Lipinski definition) is 1. The lowest BCUT2D eigenvalue weighted by molar-refractivity contribution is 0.263. The Hall–Kier alpha value is -0.0800. The van der Waals surface area contributed by atoms with Crippen molar-refractivity contribution in [3.8, 4) is 0 Å². The molecule has 0 atom stereocenters. The van der Waals surface area contributed by atoms with E-state index in [1.54, 1.807) is 0 Å². The monoisotopic (exact) mass is 172 g/mol. The first kappa shape index (κ1) is 11.9. The van der Waals surface area contributed by atoms with Crippen LogP contribution in [0.15, 0.2) is 0 Å². The summed E-state index contributed by atoms with van der Waals surface area (Å²) in [6.45, 7) is 9.97. The highest BCUT2D eigenvalue weighted by Gasteiger charge is 2.10. The topological polar surface area (TPSA) is 29.3 Å². The lowest BCUT2D eigenvalue weighted by Gasteiger charge is -2.23. The summed E-state index contributed by atoms with van der Waals surface area (Å²) in [5, 5.41) is 0. The summed E-state index contributed by atoms with van der Waals surface area (Å²) in [6.07, 6.45) is 2.37. The number of hydrogen-bond acceptors (Lipinski definition) is 2. The van der Waals surface area contributed by atoms with E-state index < -0.39 is 0 Å². The molecular formula is C10H24N2. The van der Waals surface area contributed by atoms with Crippen LogP contribution in [0.25, 0.3) is 0 Å². The maximum absolute atomic E-state index is 5.43. The third-order valence-electron chi connectivity index (χ3n) is 1.99. The molecule has 0 aliphatic rings. The van der Waals surface area contributed by atoms with Crippen molar-refractivity contribution in [3.05, 3.63) is 0 Å². The molecule has 0 saturated carbocycles. The van der Waals surface area contributed by atoms with E-state index in [9.17, 15) is 0 Å². The van der Waals surface area contributed by atoms with Crippen molar-refractivity contribution in [3.63, 3.8) is 0 Å². The van der Waals surface area contributed by atoms with E-state index in [0.29, 0.717) is 5.41 Å². The van der Waals surface area contributed by atoms with Crippen molar-refractivity contribution in [2.75, 3.05) is 26.7 Å². The molecule has 2 heteroatoms. The van der Waals surface area contributed by atoms with Crippen LogP contribution in [0, 0.1) is 5.41 Å². The van der Waals surface area contributed by atoms with Crippen molar-refractivity contribution in [1.82, 2.24) is 4.90 Å². The molecule has 0 bridgehead atoms. The van der Waals surface area contributed by atoms with E-state index in [1.165, 1.54) is 13.0 Å². The number of nitrogens with two attached hydrogens (primary N) is 1. The van der Waals surface area contributed by atoms with Crippen molar-refractivity contribution in [2.45, 2.75) is 33.6 Å². The first-order valence-electron chi connectivity index (χ1n) is 4.84. The molecule has 0 unspecified atom stereocenters. The molecule has 2 N–H and O–H groups in total. The van der Waals surface area contributed by atoms with Crippen LogP contribution in [0.1, 0.15) is 33.6 Å². The van der Waals surface area contributed by atoms with E-state index in [0.717, 1.165) is 19.5 Å². The second kappa shape index (κ2) is 5.55. The van der Waals surface area contributed by atoms with Gasteiger partial charge in [-0.2, -0.15) is 0 Å². The van der Waals surface area contributed by atoms with Gasteiger partial charge in [-0.15, -0.1) is 0 Å². The van der Waals surface area contributed by atoms with Gasteiger partial charge in [0.05, 0.1) is 0 Å². The van der Waals surface area contributed by atoms with Gasteiger partial charge in [0.25, 0.3) is 0 Å². The molecule has 0 spiro atoms. The van der Waals surface area contributed by atoms with Crippen LogP contribution in [0.5, 0.6) is 0 Å². The molecule has 0 aliphatic carbocycles. The molecule has 12 heavy (non-hydrogen) atoms. The quantitative estimate of drug-likeness (QED) is 0.684. The average molecular weight is 172 g/mol. The summed E-state index contributed by atoms with van der Waals surface area (Å²) in [5.41, 5.74) is 5.89. The van der Waals surface area contributed by atoms with Crippen LogP contribution < -0.4 is 5.73 Å². The van der Waals surface area contributed by atoms with Crippen molar-refractivity contribution >= 4 is 0 Å². The number of rotatable bonds is 5. The zero-order valence-electron chi connectivity index (χ0n) is 9.06. The molecule has 0 heterocycles. The molecule has 0 aliphatic heterocycles. The van der Waals surface area contributed by atoms with Gasteiger partial charge in [0.15, 0.2) is 0 Å². The molecule has 0 rings (SSSR count). The Morgan fingerprint density at radius 2 is 1.75 bits per heavy atom. The fraction of sp³-hybridized carbons (Fsp3) is 1.00. The van der Waals surface area contributed by atoms with E-state index in [4.69, 9.17) is 5.73 Å². The smallest absolute Gasteiger partial charge is 0.000976 e. The summed E-state index contributed by atoms with van der Waals surface area (Å²) in [6, 6.07) is 0. The second-order valence-electron chi connectivity index (χ2n) is 4.76. The van der Waals surface area contributed by atoms with Gasteiger partial charge in [0.2, 0.25) is 0 Å². The molecule has 74 valence electrons. The molecule has 0 fully saturated rings. The predicted molar refractivity (Wildman–Crippen MR) is 55.2 cm³/mol. The highest BCUT2D eigenvalue weighted by molar-refractivity contribution is 4.64. The standard InChI is InChI=1S/C10H24N2/c1-10(2,3)6-9-12(4)8-5-7-11/h5-9,11H2,1-4H3. The molecule has 0 aromatic rings.